The van der Waals surface area contributed by atoms with E-state index in [-0.39, 0.29) is 0 Å². The van der Waals surface area contributed by atoms with Crippen LogP contribution >= 0.6 is 0 Å². The van der Waals surface area contributed by atoms with Crippen molar-refractivity contribution in [2.45, 2.75) is 13.0 Å². The van der Waals surface area contributed by atoms with Gasteiger partial charge in [0.1, 0.15) is 0 Å². The third kappa shape index (κ3) is 3.53. The number of pyridine rings is 1. The lowest BCUT2D eigenvalue weighted by molar-refractivity contribution is -0.143. The van der Waals surface area contributed by atoms with E-state index in [1.54, 1.807) is 19.1 Å². The van der Waals surface area contributed by atoms with Gasteiger partial charge in [-0.15, -0.1) is 0 Å². The maximum Gasteiger partial charge on any atom is 0.330 e. The molecule has 0 bridgehead atoms. The number of ether oxygens (including phenoxy) is 1. The molecule has 6 heteroatoms. The topological polar surface area (TPSA) is 88.5 Å². The molecule has 1 unspecified atom stereocenters. The Morgan fingerprint density at radius 2 is 2.24 bits per heavy atom. The fourth-order valence-corrected chi connectivity index (χ4v) is 1.17. The summed E-state index contributed by atoms with van der Waals surface area (Å²) in [6.07, 6.45) is 1.40. The van der Waals surface area contributed by atoms with Gasteiger partial charge < -0.3 is 15.2 Å². The van der Waals surface area contributed by atoms with Gasteiger partial charge in [0, 0.05) is 11.9 Å². The second-order valence-corrected chi connectivity index (χ2v) is 3.42. The van der Waals surface area contributed by atoms with Gasteiger partial charge in [-0.2, -0.15) is 0 Å². The maximum atomic E-state index is 11.7. The van der Waals surface area contributed by atoms with Gasteiger partial charge in [0.25, 0.3) is 5.91 Å². The minimum absolute atomic E-state index is 0.318. The molecule has 1 rings (SSSR count). The minimum Gasteiger partial charge on any atom is -0.467 e. The van der Waals surface area contributed by atoms with Crippen molar-refractivity contribution >= 4 is 11.9 Å². The molecule has 0 fully saturated rings. The van der Waals surface area contributed by atoms with E-state index in [2.05, 4.69) is 15.0 Å². The van der Waals surface area contributed by atoms with E-state index in [9.17, 15) is 9.59 Å². The first kappa shape index (κ1) is 13.1. The van der Waals surface area contributed by atoms with E-state index in [1.807, 2.05) is 0 Å². The minimum atomic E-state index is -1.06. The first-order valence-corrected chi connectivity index (χ1v) is 5.00. The second-order valence-electron chi connectivity index (χ2n) is 3.42. The smallest absolute Gasteiger partial charge is 0.330 e. The van der Waals surface area contributed by atoms with Crippen molar-refractivity contribution in [2.24, 2.45) is 0 Å². The number of methoxy groups -OCH3 is 1. The standard InChI is InChI=1S/C11H14N2O4/c1-7-3-4-8(5-12-7)10(15)13-9(6-14)11(16)17-2/h3-5,9,14H,6H2,1-2H3,(H,13,15). The lowest BCUT2D eigenvalue weighted by Crippen LogP contribution is -2.44. The molecule has 1 aromatic rings. The molecule has 0 radical (unpaired) electrons. The molecule has 0 aromatic carbocycles. The molecule has 1 atom stereocenters. The Kier molecular flexibility index (Phi) is 4.59. The molecular formula is C11H14N2O4. The summed E-state index contributed by atoms with van der Waals surface area (Å²) in [6, 6.07) is 2.21. The normalized spacial score (nSPS) is 11.7. The van der Waals surface area contributed by atoms with Crippen LogP contribution in [0, 0.1) is 6.92 Å². The lowest BCUT2D eigenvalue weighted by Gasteiger charge is -2.13. The van der Waals surface area contributed by atoms with Crippen molar-refractivity contribution < 1.29 is 19.4 Å². The Morgan fingerprint density at radius 1 is 1.53 bits per heavy atom. The van der Waals surface area contributed by atoms with Crippen molar-refractivity contribution in [2.75, 3.05) is 13.7 Å². The highest BCUT2D eigenvalue weighted by Crippen LogP contribution is 2.00. The summed E-state index contributed by atoms with van der Waals surface area (Å²) in [4.78, 5) is 26.8. The molecule has 0 aliphatic carbocycles. The van der Waals surface area contributed by atoms with Crippen LogP contribution < -0.4 is 5.32 Å². The Morgan fingerprint density at radius 3 is 2.71 bits per heavy atom. The Labute approximate surface area is 98.6 Å². The Hall–Kier alpha value is -1.95. The molecule has 17 heavy (non-hydrogen) atoms. The molecule has 1 amide bonds. The number of amides is 1. The molecule has 0 saturated heterocycles. The molecule has 92 valence electrons. The number of carbonyl (C=O) groups is 2. The highest BCUT2D eigenvalue weighted by atomic mass is 16.5. The number of aryl methyl sites for hydroxylation is 1. The number of carbonyl (C=O) groups excluding carboxylic acids is 2. The summed E-state index contributed by atoms with van der Waals surface area (Å²) in [5.41, 5.74) is 1.10. The first-order valence-electron chi connectivity index (χ1n) is 5.00. The van der Waals surface area contributed by atoms with E-state index in [0.29, 0.717) is 5.56 Å². The SMILES string of the molecule is COC(=O)C(CO)NC(=O)c1ccc(C)nc1. The number of aliphatic hydroxyl groups is 1. The van der Waals surface area contributed by atoms with E-state index >= 15 is 0 Å². The summed E-state index contributed by atoms with van der Waals surface area (Å²) in [5.74, 6) is -1.18. The number of rotatable bonds is 4. The number of hydrogen-bond acceptors (Lipinski definition) is 5. The van der Waals surface area contributed by atoms with Crippen LogP contribution in [0.4, 0.5) is 0 Å². The number of nitrogens with zero attached hydrogens (tertiary/aromatic N) is 1. The number of esters is 1. The first-order chi connectivity index (χ1) is 8.08. The average molecular weight is 238 g/mol. The van der Waals surface area contributed by atoms with Gasteiger partial charge in [0.15, 0.2) is 6.04 Å². The highest BCUT2D eigenvalue weighted by Gasteiger charge is 2.21. The van der Waals surface area contributed by atoms with Crippen LogP contribution in [-0.2, 0) is 9.53 Å². The quantitative estimate of drug-likeness (QED) is 0.700. The molecule has 0 saturated carbocycles. The molecule has 1 heterocycles. The molecule has 2 N–H and O–H groups in total. The van der Waals surface area contributed by atoms with E-state index in [0.717, 1.165) is 5.69 Å². The van der Waals surface area contributed by atoms with E-state index in [4.69, 9.17) is 5.11 Å². The molecule has 0 spiro atoms. The van der Waals surface area contributed by atoms with Crippen LogP contribution in [-0.4, -0.2) is 41.7 Å². The monoisotopic (exact) mass is 238 g/mol. The average Bonchev–Trinajstić information content (AvgIpc) is 2.35. The van der Waals surface area contributed by atoms with E-state index < -0.39 is 24.5 Å². The number of aliphatic hydroxyl groups excluding tert-OH is 1. The van der Waals surface area contributed by atoms with Crippen LogP contribution in [0.25, 0.3) is 0 Å². The van der Waals surface area contributed by atoms with Crippen molar-refractivity contribution in [3.05, 3.63) is 29.6 Å². The van der Waals surface area contributed by atoms with Crippen LogP contribution in [0.3, 0.4) is 0 Å². The van der Waals surface area contributed by atoms with Crippen molar-refractivity contribution in [3.63, 3.8) is 0 Å². The highest BCUT2D eigenvalue weighted by molar-refractivity contribution is 5.96. The zero-order valence-corrected chi connectivity index (χ0v) is 9.64. The predicted octanol–water partition coefficient (Wildman–Crippen LogP) is -0.346. The fourth-order valence-electron chi connectivity index (χ4n) is 1.17. The Balaban J connectivity index is 2.71. The van der Waals surface area contributed by atoms with Crippen molar-refractivity contribution in [3.8, 4) is 0 Å². The molecule has 0 aliphatic heterocycles. The summed E-state index contributed by atoms with van der Waals surface area (Å²) < 4.78 is 4.43. The molecule has 6 nitrogen and oxygen atoms in total. The van der Waals surface area contributed by atoms with Crippen LogP contribution in [0.5, 0.6) is 0 Å². The zero-order chi connectivity index (χ0) is 12.8. The molecular weight excluding hydrogens is 224 g/mol. The summed E-state index contributed by atoms with van der Waals surface area (Å²) in [5, 5.41) is 11.3. The van der Waals surface area contributed by atoms with Gasteiger partial charge in [0.05, 0.1) is 19.3 Å². The zero-order valence-electron chi connectivity index (χ0n) is 9.64. The van der Waals surface area contributed by atoms with Crippen LogP contribution in [0.1, 0.15) is 16.1 Å². The van der Waals surface area contributed by atoms with Gasteiger partial charge in [-0.1, -0.05) is 0 Å². The Bertz CT molecular complexity index is 402. The fraction of sp³-hybridized carbons (Fsp3) is 0.364. The lowest BCUT2D eigenvalue weighted by atomic mass is 10.2. The third-order valence-electron chi connectivity index (χ3n) is 2.15. The summed E-state index contributed by atoms with van der Waals surface area (Å²) >= 11 is 0. The van der Waals surface area contributed by atoms with Gasteiger partial charge >= 0.3 is 5.97 Å². The van der Waals surface area contributed by atoms with E-state index in [1.165, 1.54) is 13.3 Å². The van der Waals surface area contributed by atoms with Gasteiger partial charge in [-0.05, 0) is 19.1 Å². The number of nitrogens with one attached hydrogen (secondary N) is 1. The van der Waals surface area contributed by atoms with Crippen molar-refractivity contribution in [1.82, 2.24) is 10.3 Å². The van der Waals surface area contributed by atoms with Crippen molar-refractivity contribution in [1.29, 1.82) is 0 Å². The number of aromatic nitrogens is 1. The largest absolute Gasteiger partial charge is 0.467 e. The summed E-state index contributed by atoms with van der Waals surface area (Å²) in [6.45, 7) is 1.28. The molecule has 0 aliphatic rings. The summed E-state index contributed by atoms with van der Waals surface area (Å²) in [7, 11) is 1.19. The van der Waals surface area contributed by atoms with Crippen LogP contribution in [0.15, 0.2) is 18.3 Å². The molecule has 1 aromatic heterocycles. The van der Waals surface area contributed by atoms with Gasteiger partial charge in [-0.3, -0.25) is 9.78 Å². The second kappa shape index (κ2) is 5.95. The maximum absolute atomic E-state index is 11.7. The van der Waals surface area contributed by atoms with Crippen LogP contribution in [0.2, 0.25) is 0 Å². The van der Waals surface area contributed by atoms with Gasteiger partial charge in [0.2, 0.25) is 0 Å². The third-order valence-corrected chi connectivity index (χ3v) is 2.15. The number of hydrogen-bond donors (Lipinski definition) is 2. The predicted molar refractivity (Wildman–Crippen MR) is 59.3 cm³/mol. The van der Waals surface area contributed by atoms with Gasteiger partial charge in [-0.25, -0.2) is 4.79 Å².